The first-order valence-corrected chi connectivity index (χ1v) is 7.33. The van der Waals surface area contributed by atoms with E-state index in [0.717, 1.165) is 36.5 Å². The lowest BCUT2D eigenvalue weighted by Gasteiger charge is -2.45. The predicted octanol–water partition coefficient (Wildman–Crippen LogP) is 1.05. The van der Waals surface area contributed by atoms with Crippen molar-refractivity contribution in [2.45, 2.75) is 38.4 Å². The summed E-state index contributed by atoms with van der Waals surface area (Å²) in [6.45, 7) is 4.94. The number of hydrogen-bond donors (Lipinski definition) is 1. The molecule has 0 aromatic carbocycles. The molecule has 3 rings (SSSR count). The first-order valence-electron chi connectivity index (χ1n) is 7.33. The smallest absolute Gasteiger partial charge is 0.151 e. The summed E-state index contributed by atoms with van der Waals surface area (Å²) >= 11 is 0. The zero-order chi connectivity index (χ0) is 13.2. The fourth-order valence-corrected chi connectivity index (χ4v) is 3.62. The van der Waals surface area contributed by atoms with Gasteiger partial charge in [-0.05, 0) is 38.8 Å². The summed E-state index contributed by atoms with van der Waals surface area (Å²) in [6.07, 6.45) is 3.99. The van der Waals surface area contributed by atoms with Crippen LogP contribution in [-0.4, -0.2) is 47.7 Å². The van der Waals surface area contributed by atoms with Gasteiger partial charge in [0.05, 0.1) is 12.2 Å². The van der Waals surface area contributed by atoms with Crippen LogP contribution in [0.2, 0.25) is 0 Å². The standard InChI is InChI=1S/C14H24N4O/c1-17-5-2-3-11-9-18(6-4-14(11)17)10-13-7-12(8-15)16-19-13/h7,11,14H,2-6,8-10,15H2,1H3. The molecule has 5 heteroatoms. The molecule has 106 valence electrons. The fourth-order valence-electron chi connectivity index (χ4n) is 3.62. The molecule has 2 N–H and O–H groups in total. The van der Waals surface area contributed by atoms with Gasteiger partial charge in [-0.3, -0.25) is 4.90 Å². The highest BCUT2D eigenvalue weighted by Gasteiger charge is 2.34. The van der Waals surface area contributed by atoms with Gasteiger partial charge in [0.25, 0.3) is 0 Å². The molecule has 1 aromatic rings. The molecule has 0 radical (unpaired) electrons. The van der Waals surface area contributed by atoms with Crippen molar-refractivity contribution in [3.05, 3.63) is 17.5 Å². The van der Waals surface area contributed by atoms with Crippen LogP contribution in [0, 0.1) is 5.92 Å². The second-order valence-corrected chi connectivity index (χ2v) is 5.96. The number of fused-ring (bicyclic) bond motifs is 1. The highest BCUT2D eigenvalue weighted by molar-refractivity contribution is 5.05. The molecule has 0 bridgehead atoms. The van der Waals surface area contributed by atoms with Crippen LogP contribution in [0.3, 0.4) is 0 Å². The molecule has 3 heterocycles. The van der Waals surface area contributed by atoms with Gasteiger partial charge in [-0.15, -0.1) is 0 Å². The van der Waals surface area contributed by atoms with Gasteiger partial charge in [0, 0.05) is 31.7 Å². The number of rotatable bonds is 3. The summed E-state index contributed by atoms with van der Waals surface area (Å²) in [4.78, 5) is 5.05. The highest BCUT2D eigenvalue weighted by Crippen LogP contribution is 2.30. The molecular formula is C14H24N4O. The van der Waals surface area contributed by atoms with Gasteiger partial charge in [0.15, 0.2) is 5.76 Å². The largest absolute Gasteiger partial charge is 0.360 e. The van der Waals surface area contributed by atoms with Crippen LogP contribution in [0.5, 0.6) is 0 Å². The molecular weight excluding hydrogens is 240 g/mol. The lowest BCUT2D eigenvalue weighted by atomic mass is 9.84. The molecule has 2 fully saturated rings. The third-order valence-corrected chi connectivity index (χ3v) is 4.63. The second kappa shape index (κ2) is 5.61. The molecule has 0 aliphatic carbocycles. The summed E-state index contributed by atoms with van der Waals surface area (Å²) in [5.41, 5.74) is 6.41. The molecule has 2 atom stereocenters. The number of likely N-dealkylation sites (tertiary alicyclic amines) is 2. The van der Waals surface area contributed by atoms with Crippen LogP contribution in [0.15, 0.2) is 10.6 Å². The van der Waals surface area contributed by atoms with Crippen LogP contribution in [0.4, 0.5) is 0 Å². The number of nitrogens with zero attached hydrogens (tertiary/aromatic N) is 3. The fraction of sp³-hybridized carbons (Fsp3) is 0.786. The van der Waals surface area contributed by atoms with Gasteiger partial charge < -0.3 is 15.2 Å². The summed E-state index contributed by atoms with van der Waals surface area (Å²) in [6, 6.07) is 2.78. The number of hydrogen-bond acceptors (Lipinski definition) is 5. The Morgan fingerprint density at radius 3 is 3.11 bits per heavy atom. The SMILES string of the molecule is CN1CCCC2CN(Cc3cc(CN)no3)CCC21. The second-order valence-electron chi connectivity index (χ2n) is 5.96. The van der Waals surface area contributed by atoms with Gasteiger partial charge in [0.2, 0.25) is 0 Å². The maximum Gasteiger partial charge on any atom is 0.151 e. The van der Waals surface area contributed by atoms with Crippen molar-refractivity contribution in [1.82, 2.24) is 15.0 Å². The van der Waals surface area contributed by atoms with Crippen molar-refractivity contribution in [3.8, 4) is 0 Å². The van der Waals surface area contributed by atoms with Crippen LogP contribution in [0.1, 0.15) is 30.7 Å². The minimum atomic E-state index is 0.457. The summed E-state index contributed by atoms with van der Waals surface area (Å²) in [5, 5.41) is 3.96. The van der Waals surface area contributed by atoms with Gasteiger partial charge in [-0.2, -0.15) is 0 Å². The van der Waals surface area contributed by atoms with Crippen molar-refractivity contribution in [2.24, 2.45) is 11.7 Å². The molecule has 5 nitrogen and oxygen atoms in total. The van der Waals surface area contributed by atoms with Crippen molar-refractivity contribution in [1.29, 1.82) is 0 Å². The maximum atomic E-state index is 5.56. The van der Waals surface area contributed by atoms with E-state index in [2.05, 4.69) is 22.0 Å². The Labute approximate surface area is 114 Å². The summed E-state index contributed by atoms with van der Waals surface area (Å²) in [5.74, 6) is 1.77. The molecule has 19 heavy (non-hydrogen) atoms. The van der Waals surface area contributed by atoms with E-state index in [1.54, 1.807) is 0 Å². The molecule has 2 saturated heterocycles. The van der Waals surface area contributed by atoms with E-state index in [-0.39, 0.29) is 0 Å². The Kier molecular flexibility index (Phi) is 3.86. The van der Waals surface area contributed by atoms with E-state index >= 15 is 0 Å². The van der Waals surface area contributed by atoms with E-state index < -0.39 is 0 Å². The van der Waals surface area contributed by atoms with Crippen molar-refractivity contribution < 1.29 is 4.52 Å². The van der Waals surface area contributed by atoms with Gasteiger partial charge >= 0.3 is 0 Å². The van der Waals surface area contributed by atoms with E-state index in [1.165, 1.54) is 32.4 Å². The zero-order valence-corrected chi connectivity index (χ0v) is 11.7. The molecule has 1 aromatic heterocycles. The average molecular weight is 264 g/mol. The third kappa shape index (κ3) is 2.83. The van der Waals surface area contributed by atoms with Crippen LogP contribution in [0.25, 0.3) is 0 Å². The number of nitrogens with two attached hydrogens (primary N) is 1. The van der Waals surface area contributed by atoms with E-state index in [9.17, 15) is 0 Å². The quantitative estimate of drug-likeness (QED) is 0.884. The van der Waals surface area contributed by atoms with Gasteiger partial charge in [0.1, 0.15) is 0 Å². The predicted molar refractivity (Wildman–Crippen MR) is 73.4 cm³/mol. The minimum Gasteiger partial charge on any atom is -0.360 e. The van der Waals surface area contributed by atoms with E-state index in [0.29, 0.717) is 6.54 Å². The molecule has 0 spiro atoms. The van der Waals surface area contributed by atoms with E-state index in [4.69, 9.17) is 10.3 Å². The van der Waals surface area contributed by atoms with E-state index in [1.807, 2.05) is 6.07 Å². The highest BCUT2D eigenvalue weighted by atomic mass is 16.5. The molecule has 2 aliphatic rings. The normalized spacial score (nSPS) is 29.4. The number of aromatic nitrogens is 1. The molecule has 0 saturated carbocycles. The Hall–Kier alpha value is -0.910. The van der Waals surface area contributed by atoms with Gasteiger partial charge in [-0.25, -0.2) is 0 Å². The molecule has 2 aliphatic heterocycles. The first-order chi connectivity index (χ1) is 9.26. The lowest BCUT2D eigenvalue weighted by Crippen LogP contribution is -2.52. The Balaban J connectivity index is 1.58. The first kappa shape index (κ1) is 13.1. The Bertz CT molecular complexity index is 419. The van der Waals surface area contributed by atoms with Crippen molar-refractivity contribution in [2.75, 3.05) is 26.7 Å². The van der Waals surface area contributed by atoms with Crippen molar-refractivity contribution >= 4 is 0 Å². The maximum absolute atomic E-state index is 5.56. The summed E-state index contributed by atoms with van der Waals surface area (Å²) in [7, 11) is 2.27. The third-order valence-electron chi connectivity index (χ3n) is 4.63. The van der Waals surface area contributed by atoms with Crippen LogP contribution < -0.4 is 5.73 Å². The monoisotopic (exact) mass is 264 g/mol. The topological polar surface area (TPSA) is 58.5 Å². The number of piperidine rings is 2. The summed E-state index contributed by atoms with van der Waals surface area (Å²) < 4.78 is 5.33. The molecule has 2 unspecified atom stereocenters. The Morgan fingerprint density at radius 1 is 1.42 bits per heavy atom. The molecule has 0 amide bonds. The van der Waals surface area contributed by atoms with Crippen LogP contribution >= 0.6 is 0 Å². The average Bonchev–Trinajstić information content (AvgIpc) is 2.86. The van der Waals surface area contributed by atoms with Crippen molar-refractivity contribution in [3.63, 3.8) is 0 Å². The van der Waals surface area contributed by atoms with Gasteiger partial charge in [-0.1, -0.05) is 5.16 Å². The van der Waals surface area contributed by atoms with Crippen LogP contribution in [-0.2, 0) is 13.1 Å². The zero-order valence-electron chi connectivity index (χ0n) is 11.7. The Morgan fingerprint density at radius 2 is 2.32 bits per heavy atom. The lowest BCUT2D eigenvalue weighted by molar-refractivity contribution is 0.0322. The minimum absolute atomic E-state index is 0.457.